The van der Waals surface area contributed by atoms with Crippen LogP contribution in [0.1, 0.15) is 12.0 Å². The summed E-state index contributed by atoms with van der Waals surface area (Å²) >= 11 is 0. The molecule has 3 heterocycles. The number of rotatable bonds is 5. The molecule has 0 radical (unpaired) electrons. The van der Waals surface area contributed by atoms with E-state index >= 15 is 0 Å². The Kier molecular flexibility index (Phi) is 6.44. The minimum Gasteiger partial charge on any atom is -0.487 e. The number of ether oxygens (including phenoxy) is 2. The molecular weight excluding hydrogens is 384 g/mol. The maximum absolute atomic E-state index is 13.2. The molecule has 2 fully saturated rings. The SMILES string of the molecule is O=C(C1CC(Oc2cccnc2)CN1C(=O)NCc1ccccc1)N1CCOCC1. The zero-order valence-electron chi connectivity index (χ0n) is 16.8. The molecule has 30 heavy (non-hydrogen) atoms. The summed E-state index contributed by atoms with van der Waals surface area (Å²) in [6.07, 6.45) is 3.49. The van der Waals surface area contributed by atoms with Gasteiger partial charge in [-0.25, -0.2) is 4.79 Å². The van der Waals surface area contributed by atoms with Gasteiger partial charge >= 0.3 is 6.03 Å². The van der Waals surface area contributed by atoms with Crippen LogP contribution < -0.4 is 10.1 Å². The second-order valence-corrected chi connectivity index (χ2v) is 7.41. The fourth-order valence-corrected chi connectivity index (χ4v) is 3.82. The van der Waals surface area contributed by atoms with E-state index in [1.807, 2.05) is 36.4 Å². The molecule has 2 atom stereocenters. The highest BCUT2D eigenvalue weighted by Gasteiger charge is 2.42. The van der Waals surface area contributed by atoms with Crippen molar-refractivity contribution < 1.29 is 19.1 Å². The van der Waals surface area contributed by atoms with Crippen molar-refractivity contribution in [3.63, 3.8) is 0 Å². The number of nitrogens with zero attached hydrogens (tertiary/aromatic N) is 3. The number of benzene rings is 1. The molecule has 2 unspecified atom stereocenters. The van der Waals surface area contributed by atoms with Gasteiger partial charge in [0.1, 0.15) is 17.9 Å². The fraction of sp³-hybridized carbons (Fsp3) is 0.409. The fourth-order valence-electron chi connectivity index (χ4n) is 3.82. The van der Waals surface area contributed by atoms with Crippen LogP contribution in [0.4, 0.5) is 4.79 Å². The minimum atomic E-state index is -0.555. The van der Waals surface area contributed by atoms with Crippen molar-refractivity contribution in [2.24, 2.45) is 0 Å². The molecule has 4 rings (SSSR count). The van der Waals surface area contributed by atoms with Gasteiger partial charge in [-0.05, 0) is 17.7 Å². The Morgan fingerprint density at radius 2 is 1.93 bits per heavy atom. The molecule has 2 aromatic rings. The Bertz CT molecular complexity index is 843. The van der Waals surface area contributed by atoms with E-state index in [9.17, 15) is 9.59 Å². The van der Waals surface area contributed by atoms with E-state index in [1.54, 1.807) is 28.3 Å². The van der Waals surface area contributed by atoms with Crippen LogP contribution in [0, 0.1) is 0 Å². The molecule has 1 aromatic heterocycles. The van der Waals surface area contributed by atoms with Gasteiger partial charge < -0.3 is 24.6 Å². The number of amides is 3. The van der Waals surface area contributed by atoms with E-state index in [0.717, 1.165) is 5.56 Å². The summed E-state index contributed by atoms with van der Waals surface area (Å²) in [4.78, 5) is 33.6. The number of nitrogens with one attached hydrogen (secondary N) is 1. The maximum atomic E-state index is 13.2. The molecule has 8 nitrogen and oxygen atoms in total. The zero-order valence-corrected chi connectivity index (χ0v) is 16.8. The predicted octanol–water partition coefficient (Wildman–Crippen LogP) is 1.67. The second-order valence-electron chi connectivity index (χ2n) is 7.41. The number of hydrogen-bond acceptors (Lipinski definition) is 5. The summed E-state index contributed by atoms with van der Waals surface area (Å²) in [7, 11) is 0. The molecule has 158 valence electrons. The van der Waals surface area contributed by atoms with E-state index in [-0.39, 0.29) is 18.0 Å². The highest BCUT2D eigenvalue weighted by Crippen LogP contribution is 2.25. The van der Waals surface area contributed by atoms with Gasteiger partial charge in [0.05, 0.1) is 26.0 Å². The Hall–Kier alpha value is -3.13. The summed E-state index contributed by atoms with van der Waals surface area (Å²) in [5, 5.41) is 2.94. The quantitative estimate of drug-likeness (QED) is 0.811. The van der Waals surface area contributed by atoms with E-state index in [1.165, 1.54) is 0 Å². The monoisotopic (exact) mass is 410 g/mol. The molecule has 1 aromatic carbocycles. The normalized spacial score (nSPS) is 21.3. The van der Waals surface area contributed by atoms with Crippen molar-refractivity contribution in [2.45, 2.75) is 25.1 Å². The highest BCUT2D eigenvalue weighted by molar-refractivity contribution is 5.88. The van der Waals surface area contributed by atoms with Gasteiger partial charge in [-0.15, -0.1) is 0 Å². The van der Waals surface area contributed by atoms with Crippen LogP contribution in [-0.4, -0.2) is 71.7 Å². The number of carbonyl (C=O) groups is 2. The lowest BCUT2D eigenvalue weighted by molar-refractivity contribution is -0.139. The van der Waals surface area contributed by atoms with Crippen LogP contribution in [0.2, 0.25) is 0 Å². The Labute approximate surface area is 175 Å². The van der Waals surface area contributed by atoms with Crippen molar-refractivity contribution in [3.8, 4) is 5.75 Å². The average molecular weight is 410 g/mol. The predicted molar refractivity (Wildman–Crippen MR) is 110 cm³/mol. The number of hydrogen-bond donors (Lipinski definition) is 1. The van der Waals surface area contributed by atoms with Crippen LogP contribution in [0.5, 0.6) is 5.75 Å². The number of pyridine rings is 1. The van der Waals surface area contributed by atoms with E-state index < -0.39 is 6.04 Å². The van der Waals surface area contributed by atoms with Gasteiger partial charge in [-0.3, -0.25) is 9.78 Å². The summed E-state index contributed by atoms with van der Waals surface area (Å²) < 4.78 is 11.4. The number of aromatic nitrogens is 1. The molecule has 2 aliphatic heterocycles. The van der Waals surface area contributed by atoms with Crippen LogP contribution in [0.15, 0.2) is 54.9 Å². The highest BCUT2D eigenvalue weighted by atomic mass is 16.5. The van der Waals surface area contributed by atoms with Crippen LogP contribution in [0.25, 0.3) is 0 Å². The Balaban J connectivity index is 1.45. The Morgan fingerprint density at radius 3 is 2.67 bits per heavy atom. The van der Waals surface area contributed by atoms with Crippen molar-refractivity contribution in [1.29, 1.82) is 0 Å². The molecule has 0 bridgehead atoms. The molecule has 0 aliphatic carbocycles. The van der Waals surface area contributed by atoms with Crippen LogP contribution in [-0.2, 0) is 16.1 Å². The first kappa shape index (κ1) is 20.2. The van der Waals surface area contributed by atoms with Crippen molar-refractivity contribution in [3.05, 3.63) is 60.4 Å². The number of likely N-dealkylation sites (tertiary alicyclic amines) is 1. The maximum Gasteiger partial charge on any atom is 0.318 e. The lowest BCUT2D eigenvalue weighted by Crippen LogP contribution is -2.52. The van der Waals surface area contributed by atoms with Gasteiger partial charge in [0.25, 0.3) is 0 Å². The average Bonchev–Trinajstić information content (AvgIpc) is 3.22. The van der Waals surface area contributed by atoms with Gasteiger partial charge in [0, 0.05) is 32.3 Å². The molecular formula is C22H26N4O4. The van der Waals surface area contributed by atoms with Gasteiger partial charge in [-0.1, -0.05) is 30.3 Å². The number of morpholine rings is 1. The van der Waals surface area contributed by atoms with Crippen LogP contribution >= 0.6 is 0 Å². The first-order chi connectivity index (χ1) is 14.7. The summed E-state index contributed by atoms with van der Waals surface area (Å²) in [6, 6.07) is 12.5. The topological polar surface area (TPSA) is 84.0 Å². The molecule has 3 amide bonds. The standard InChI is InChI=1S/C22H26N4O4/c27-21(25-9-11-29-12-10-25)20-13-19(30-18-7-4-8-23-15-18)16-26(20)22(28)24-14-17-5-2-1-3-6-17/h1-8,15,19-20H,9-14,16H2,(H,24,28). The van der Waals surface area contributed by atoms with Crippen molar-refractivity contribution >= 4 is 11.9 Å². The zero-order chi connectivity index (χ0) is 20.8. The molecule has 1 N–H and O–H groups in total. The molecule has 8 heteroatoms. The summed E-state index contributed by atoms with van der Waals surface area (Å²) in [6.45, 7) is 2.88. The third-order valence-corrected chi connectivity index (χ3v) is 5.36. The van der Waals surface area contributed by atoms with Gasteiger partial charge in [-0.2, -0.15) is 0 Å². The number of urea groups is 1. The van der Waals surface area contributed by atoms with E-state index in [4.69, 9.17) is 9.47 Å². The third-order valence-electron chi connectivity index (χ3n) is 5.36. The molecule has 0 spiro atoms. The third kappa shape index (κ3) is 4.88. The van der Waals surface area contributed by atoms with Gasteiger partial charge in [0.15, 0.2) is 0 Å². The lowest BCUT2D eigenvalue weighted by Gasteiger charge is -2.32. The first-order valence-corrected chi connectivity index (χ1v) is 10.2. The molecule has 0 saturated carbocycles. The Morgan fingerprint density at radius 1 is 1.13 bits per heavy atom. The molecule has 2 aliphatic rings. The van der Waals surface area contributed by atoms with E-state index in [0.29, 0.717) is 51.6 Å². The largest absolute Gasteiger partial charge is 0.487 e. The molecule has 2 saturated heterocycles. The van der Waals surface area contributed by atoms with Crippen molar-refractivity contribution in [2.75, 3.05) is 32.8 Å². The smallest absolute Gasteiger partial charge is 0.318 e. The second kappa shape index (κ2) is 9.58. The number of carbonyl (C=O) groups excluding carboxylic acids is 2. The minimum absolute atomic E-state index is 0.0505. The summed E-state index contributed by atoms with van der Waals surface area (Å²) in [5.74, 6) is 0.581. The van der Waals surface area contributed by atoms with Crippen LogP contribution in [0.3, 0.4) is 0 Å². The summed E-state index contributed by atoms with van der Waals surface area (Å²) in [5.41, 5.74) is 1.00. The first-order valence-electron chi connectivity index (χ1n) is 10.2. The van der Waals surface area contributed by atoms with Crippen molar-refractivity contribution in [1.82, 2.24) is 20.1 Å². The van der Waals surface area contributed by atoms with Gasteiger partial charge in [0.2, 0.25) is 5.91 Å². The van der Waals surface area contributed by atoms with E-state index in [2.05, 4.69) is 10.3 Å². The lowest BCUT2D eigenvalue weighted by atomic mass is 10.1.